The van der Waals surface area contributed by atoms with Gasteiger partial charge in [-0.15, -0.1) is 0 Å². The molecule has 0 atom stereocenters. The predicted molar refractivity (Wildman–Crippen MR) is 81.4 cm³/mol. The van der Waals surface area contributed by atoms with E-state index in [1.165, 1.54) is 17.7 Å². The van der Waals surface area contributed by atoms with Gasteiger partial charge in [0, 0.05) is 36.4 Å². The molecule has 4 nitrogen and oxygen atoms in total. The Morgan fingerprint density at radius 1 is 1.20 bits per heavy atom. The van der Waals surface area contributed by atoms with E-state index in [0.29, 0.717) is 11.6 Å². The first-order valence-corrected chi connectivity index (χ1v) is 6.56. The summed E-state index contributed by atoms with van der Waals surface area (Å²) in [5.41, 5.74) is 3.03. The molecule has 0 N–H and O–H groups in total. The maximum Gasteiger partial charge on any atom is 0.269 e. The Bertz CT molecular complexity index is 626. The van der Waals surface area contributed by atoms with E-state index in [-0.39, 0.29) is 5.69 Å². The second-order valence-corrected chi connectivity index (χ2v) is 5.13. The van der Waals surface area contributed by atoms with Crippen LogP contribution in [0.1, 0.15) is 11.1 Å². The molecule has 0 aliphatic heterocycles. The molecule has 0 heterocycles. The smallest absolute Gasteiger partial charge is 0.269 e. The van der Waals surface area contributed by atoms with Gasteiger partial charge < -0.3 is 4.90 Å². The van der Waals surface area contributed by atoms with Crippen LogP contribution in [-0.4, -0.2) is 12.0 Å². The van der Waals surface area contributed by atoms with Crippen molar-refractivity contribution in [3.63, 3.8) is 0 Å². The summed E-state index contributed by atoms with van der Waals surface area (Å²) in [4.78, 5) is 12.4. The summed E-state index contributed by atoms with van der Waals surface area (Å²) in [6.45, 7) is 2.55. The van der Waals surface area contributed by atoms with Crippen molar-refractivity contribution in [2.45, 2.75) is 13.5 Å². The van der Waals surface area contributed by atoms with Crippen LogP contribution in [0.2, 0.25) is 5.02 Å². The highest BCUT2D eigenvalue weighted by atomic mass is 35.5. The third kappa shape index (κ3) is 3.27. The Kier molecular flexibility index (Phi) is 4.25. The summed E-state index contributed by atoms with van der Waals surface area (Å²) < 4.78 is 0. The molecular formula is C15H15ClN2O2. The molecule has 2 aromatic carbocycles. The highest BCUT2D eigenvalue weighted by Crippen LogP contribution is 2.25. The van der Waals surface area contributed by atoms with Gasteiger partial charge in [-0.1, -0.05) is 29.3 Å². The number of nitrogens with zero attached hydrogens (tertiary/aromatic N) is 2. The van der Waals surface area contributed by atoms with Crippen LogP contribution >= 0.6 is 11.6 Å². The van der Waals surface area contributed by atoms with Crippen LogP contribution in [0.25, 0.3) is 0 Å². The summed E-state index contributed by atoms with van der Waals surface area (Å²) in [5, 5.41) is 11.3. The third-order valence-electron chi connectivity index (χ3n) is 3.12. The van der Waals surface area contributed by atoms with Crippen molar-refractivity contribution in [2.24, 2.45) is 0 Å². The lowest BCUT2D eigenvalue weighted by Gasteiger charge is -2.20. The molecule has 0 bridgehead atoms. The normalized spacial score (nSPS) is 10.3. The Morgan fingerprint density at radius 3 is 2.45 bits per heavy atom. The monoisotopic (exact) mass is 290 g/mol. The van der Waals surface area contributed by atoms with Crippen LogP contribution < -0.4 is 4.90 Å². The average molecular weight is 291 g/mol. The Labute approximate surface area is 122 Å². The first kappa shape index (κ1) is 14.3. The number of hydrogen-bond donors (Lipinski definition) is 0. The minimum Gasteiger partial charge on any atom is -0.370 e. The first-order chi connectivity index (χ1) is 9.47. The SMILES string of the molecule is Cc1ccc(N(C)Cc2cc([N+](=O)[O-])ccc2Cl)cc1. The highest BCUT2D eigenvalue weighted by Gasteiger charge is 2.11. The summed E-state index contributed by atoms with van der Waals surface area (Å²) in [7, 11) is 1.93. The minimum atomic E-state index is -0.411. The van der Waals surface area contributed by atoms with E-state index in [0.717, 1.165) is 11.3 Å². The van der Waals surface area contributed by atoms with Gasteiger partial charge in [0.15, 0.2) is 0 Å². The van der Waals surface area contributed by atoms with Gasteiger partial charge in [-0.25, -0.2) is 0 Å². The van der Waals surface area contributed by atoms with Gasteiger partial charge in [0.2, 0.25) is 0 Å². The van der Waals surface area contributed by atoms with E-state index in [2.05, 4.69) is 0 Å². The fourth-order valence-corrected chi connectivity index (χ4v) is 2.12. The van der Waals surface area contributed by atoms with Gasteiger partial charge >= 0.3 is 0 Å². The van der Waals surface area contributed by atoms with Crippen LogP contribution in [0.3, 0.4) is 0 Å². The van der Waals surface area contributed by atoms with Crippen molar-refractivity contribution < 1.29 is 4.92 Å². The van der Waals surface area contributed by atoms with E-state index in [1.54, 1.807) is 6.07 Å². The van der Waals surface area contributed by atoms with Gasteiger partial charge in [0.1, 0.15) is 0 Å². The van der Waals surface area contributed by atoms with Gasteiger partial charge in [-0.2, -0.15) is 0 Å². The molecule has 0 aliphatic rings. The number of non-ortho nitro benzene ring substituents is 1. The van der Waals surface area contributed by atoms with Gasteiger partial charge in [0.05, 0.1) is 4.92 Å². The molecule has 0 unspecified atom stereocenters. The fraction of sp³-hybridized carbons (Fsp3) is 0.200. The van der Waals surface area contributed by atoms with E-state index in [9.17, 15) is 10.1 Å². The molecule has 5 heteroatoms. The molecule has 104 valence electrons. The molecule has 2 aromatic rings. The van der Waals surface area contributed by atoms with Crippen LogP contribution in [0, 0.1) is 17.0 Å². The van der Waals surface area contributed by atoms with Crippen LogP contribution in [0.5, 0.6) is 0 Å². The molecule has 2 rings (SSSR count). The number of nitro groups is 1. The summed E-state index contributed by atoms with van der Waals surface area (Å²) in [5.74, 6) is 0. The molecule has 0 saturated carbocycles. The second-order valence-electron chi connectivity index (χ2n) is 4.72. The van der Waals surface area contributed by atoms with Crippen LogP contribution in [-0.2, 0) is 6.54 Å². The number of hydrogen-bond acceptors (Lipinski definition) is 3. The van der Waals surface area contributed by atoms with Crippen LogP contribution in [0.15, 0.2) is 42.5 Å². The average Bonchev–Trinajstić information content (AvgIpc) is 2.41. The molecule has 0 aromatic heterocycles. The number of rotatable bonds is 4. The number of aryl methyl sites for hydroxylation is 1. The van der Waals surface area contributed by atoms with E-state index in [1.807, 2.05) is 43.1 Å². The zero-order chi connectivity index (χ0) is 14.7. The molecule has 0 spiro atoms. The third-order valence-corrected chi connectivity index (χ3v) is 3.49. The Balaban J connectivity index is 2.22. The maximum absolute atomic E-state index is 10.8. The van der Waals surface area contributed by atoms with Crippen molar-refractivity contribution >= 4 is 23.0 Å². The summed E-state index contributed by atoms with van der Waals surface area (Å²) >= 11 is 6.11. The van der Waals surface area contributed by atoms with Crippen LogP contribution in [0.4, 0.5) is 11.4 Å². The largest absolute Gasteiger partial charge is 0.370 e. The maximum atomic E-state index is 10.8. The Morgan fingerprint density at radius 2 is 1.85 bits per heavy atom. The van der Waals surface area contributed by atoms with Gasteiger partial charge in [0.25, 0.3) is 5.69 Å². The number of nitro benzene ring substituents is 1. The Hall–Kier alpha value is -2.07. The molecule has 0 fully saturated rings. The van der Waals surface area contributed by atoms with E-state index < -0.39 is 4.92 Å². The first-order valence-electron chi connectivity index (χ1n) is 6.18. The lowest BCUT2D eigenvalue weighted by atomic mass is 10.1. The van der Waals surface area contributed by atoms with E-state index >= 15 is 0 Å². The van der Waals surface area contributed by atoms with Crippen molar-refractivity contribution in [1.82, 2.24) is 0 Å². The molecule has 0 amide bonds. The van der Waals surface area contributed by atoms with Crippen molar-refractivity contribution in [1.29, 1.82) is 0 Å². The molecule has 0 saturated heterocycles. The highest BCUT2D eigenvalue weighted by molar-refractivity contribution is 6.31. The zero-order valence-electron chi connectivity index (χ0n) is 11.3. The molecule has 0 aliphatic carbocycles. The molecular weight excluding hydrogens is 276 g/mol. The lowest BCUT2D eigenvalue weighted by Crippen LogP contribution is -2.16. The number of anilines is 1. The topological polar surface area (TPSA) is 46.4 Å². The molecule has 0 radical (unpaired) electrons. The standard InChI is InChI=1S/C15H15ClN2O2/c1-11-3-5-13(6-4-11)17(2)10-12-9-14(18(19)20)7-8-15(12)16/h3-9H,10H2,1-2H3. The summed E-state index contributed by atoms with van der Waals surface area (Å²) in [6.07, 6.45) is 0. The quantitative estimate of drug-likeness (QED) is 0.626. The van der Waals surface area contributed by atoms with Gasteiger partial charge in [-0.3, -0.25) is 10.1 Å². The second kappa shape index (κ2) is 5.92. The number of benzene rings is 2. The van der Waals surface area contributed by atoms with Crippen molar-refractivity contribution in [3.8, 4) is 0 Å². The predicted octanol–water partition coefficient (Wildman–Crippen LogP) is 4.19. The van der Waals surface area contributed by atoms with Gasteiger partial charge in [-0.05, 0) is 30.7 Å². The zero-order valence-corrected chi connectivity index (χ0v) is 12.1. The number of halogens is 1. The lowest BCUT2D eigenvalue weighted by molar-refractivity contribution is -0.384. The van der Waals surface area contributed by atoms with Crippen molar-refractivity contribution in [2.75, 3.05) is 11.9 Å². The minimum absolute atomic E-state index is 0.0571. The molecule has 20 heavy (non-hydrogen) atoms. The summed E-state index contributed by atoms with van der Waals surface area (Å²) in [6, 6.07) is 12.6. The van der Waals surface area contributed by atoms with E-state index in [4.69, 9.17) is 11.6 Å². The fourth-order valence-electron chi connectivity index (χ4n) is 1.94. The van der Waals surface area contributed by atoms with Crippen molar-refractivity contribution in [3.05, 3.63) is 68.7 Å².